The molecule has 0 spiro atoms. The summed E-state index contributed by atoms with van der Waals surface area (Å²) in [6.45, 7) is 2.68. The first kappa shape index (κ1) is 23.7. The van der Waals surface area contributed by atoms with Crippen LogP contribution in [0.3, 0.4) is 0 Å². The number of methoxy groups -OCH3 is 2. The second-order valence-corrected chi connectivity index (χ2v) is 7.89. The van der Waals surface area contributed by atoms with Crippen LogP contribution in [0.25, 0.3) is 0 Å². The highest BCUT2D eigenvalue weighted by Crippen LogP contribution is 2.28. The van der Waals surface area contributed by atoms with Gasteiger partial charge < -0.3 is 24.0 Å². The molecule has 2 aromatic rings. The van der Waals surface area contributed by atoms with E-state index in [1.807, 2.05) is 23.1 Å². The number of halogens is 1. The monoisotopic (exact) mass is 460 g/mol. The zero-order chi connectivity index (χ0) is 22.9. The van der Waals surface area contributed by atoms with Gasteiger partial charge in [0.1, 0.15) is 5.75 Å². The molecule has 0 atom stereocenters. The molecule has 8 heteroatoms. The minimum Gasteiger partial charge on any atom is -0.493 e. The average molecular weight is 461 g/mol. The van der Waals surface area contributed by atoms with Crippen LogP contribution in [0.5, 0.6) is 17.2 Å². The summed E-state index contributed by atoms with van der Waals surface area (Å²) < 4.78 is 16.2. The van der Waals surface area contributed by atoms with Gasteiger partial charge in [-0.2, -0.15) is 0 Å². The Morgan fingerprint density at radius 2 is 1.62 bits per heavy atom. The molecule has 3 rings (SSSR count). The number of nitrogens with zero attached hydrogens (tertiary/aromatic N) is 2. The third-order valence-electron chi connectivity index (χ3n) is 5.40. The summed E-state index contributed by atoms with van der Waals surface area (Å²) in [4.78, 5) is 29.2. The lowest BCUT2D eigenvalue weighted by Gasteiger charge is -2.22. The lowest BCUT2D eigenvalue weighted by molar-refractivity contribution is -0.131. The SMILES string of the molecule is COc1ccc(C(=O)N2CCCN(C(=O)CCCOc3ccccc3Cl)CC2)cc1OC. The van der Waals surface area contributed by atoms with Crippen molar-refractivity contribution in [3.8, 4) is 17.2 Å². The van der Waals surface area contributed by atoms with Crippen LogP contribution in [-0.2, 0) is 4.79 Å². The van der Waals surface area contributed by atoms with Crippen molar-refractivity contribution >= 4 is 23.4 Å². The van der Waals surface area contributed by atoms with E-state index >= 15 is 0 Å². The lowest BCUT2D eigenvalue weighted by Crippen LogP contribution is -2.37. The molecule has 0 aliphatic carbocycles. The van der Waals surface area contributed by atoms with Crippen molar-refractivity contribution in [2.24, 2.45) is 0 Å². The maximum Gasteiger partial charge on any atom is 0.254 e. The third-order valence-corrected chi connectivity index (χ3v) is 5.71. The lowest BCUT2D eigenvalue weighted by atomic mass is 10.1. The molecule has 0 aromatic heterocycles. The molecule has 32 heavy (non-hydrogen) atoms. The quantitative estimate of drug-likeness (QED) is 0.559. The van der Waals surface area contributed by atoms with Gasteiger partial charge >= 0.3 is 0 Å². The molecule has 1 fully saturated rings. The molecule has 0 saturated carbocycles. The van der Waals surface area contributed by atoms with Gasteiger partial charge in [-0.15, -0.1) is 0 Å². The zero-order valence-corrected chi connectivity index (χ0v) is 19.3. The highest BCUT2D eigenvalue weighted by atomic mass is 35.5. The number of rotatable bonds is 8. The highest BCUT2D eigenvalue weighted by Gasteiger charge is 2.23. The topological polar surface area (TPSA) is 68.3 Å². The summed E-state index contributed by atoms with van der Waals surface area (Å²) in [7, 11) is 3.10. The molecule has 172 valence electrons. The Bertz CT molecular complexity index is 936. The number of hydrogen-bond donors (Lipinski definition) is 0. The van der Waals surface area contributed by atoms with E-state index in [0.717, 1.165) is 6.42 Å². The summed E-state index contributed by atoms with van der Waals surface area (Å²) in [6.07, 6.45) is 1.74. The number of hydrogen-bond acceptors (Lipinski definition) is 5. The van der Waals surface area contributed by atoms with Gasteiger partial charge in [-0.25, -0.2) is 0 Å². The molecule has 1 saturated heterocycles. The van der Waals surface area contributed by atoms with E-state index in [9.17, 15) is 9.59 Å². The Kier molecular flexibility index (Phi) is 8.62. The fourth-order valence-corrected chi connectivity index (χ4v) is 3.84. The number of ether oxygens (including phenoxy) is 3. The summed E-state index contributed by atoms with van der Waals surface area (Å²) in [5.41, 5.74) is 0.541. The Balaban J connectivity index is 1.48. The van der Waals surface area contributed by atoms with Crippen LogP contribution in [0.4, 0.5) is 0 Å². The fraction of sp³-hybridized carbons (Fsp3) is 0.417. The van der Waals surface area contributed by atoms with Gasteiger partial charge in [-0.3, -0.25) is 9.59 Å². The van der Waals surface area contributed by atoms with Gasteiger partial charge in [0.15, 0.2) is 11.5 Å². The van der Waals surface area contributed by atoms with Crippen molar-refractivity contribution in [3.05, 3.63) is 53.1 Å². The molecule has 1 aliphatic heterocycles. The van der Waals surface area contributed by atoms with Crippen LogP contribution in [0.15, 0.2) is 42.5 Å². The van der Waals surface area contributed by atoms with E-state index in [4.69, 9.17) is 25.8 Å². The molecule has 0 radical (unpaired) electrons. The molecule has 2 aromatic carbocycles. The van der Waals surface area contributed by atoms with E-state index in [-0.39, 0.29) is 11.8 Å². The van der Waals surface area contributed by atoms with Crippen LogP contribution < -0.4 is 14.2 Å². The normalized spacial score (nSPS) is 14.0. The number of carbonyl (C=O) groups excluding carboxylic acids is 2. The van der Waals surface area contributed by atoms with Crippen molar-refractivity contribution in [1.82, 2.24) is 9.80 Å². The van der Waals surface area contributed by atoms with Crippen LogP contribution in [0, 0.1) is 0 Å². The maximum absolute atomic E-state index is 13.0. The molecular formula is C24H29ClN2O5. The molecule has 2 amide bonds. The van der Waals surface area contributed by atoms with Crippen LogP contribution in [0.2, 0.25) is 5.02 Å². The van der Waals surface area contributed by atoms with Gasteiger partial charge in [0, 0.05) is 38.2 Å². The maximum atomic E-state index is 13.0. The molecule has 0 unspecified atom stereocenters. The summed E-state index contributed by atoms with van der Waals surface area (Å²) in [5, 5.41) is 0.561. The Morgan fingerprint density at radius 3 is 2.38 bits per heavy atom. The van der Waals surface area contributed by atoms with Crippen molar-refractivity contribution < 1.29 is 23.8 Å². The second-order valence-electron chi connectivity index (χ2n) is 7.48. The fourth-order valence-electron chi connectivity index (χ4n) is 3.65. The van der Waals surface area contributed by atoms with E-state index in [0.29, 0.717) is 73.5 Å². The van der Waals surface area contributed by atoms with Gasteiger partial charge in [0.25, 0.3) is 5.91 Å². The molecule has 1 aliphatic rings. The number of amides is 2. The first-order chi connectivity index (χ1) is 15.5. The van der Waals surface area contributed by atoms with Crippen molar-refractivity contribution in [3.63, 3.8) is 0 Å². The van der Waals surface area contributed by atoms with Gasteiger partial charge in [-0.05, 0) is 43.2 Å². The summed E-state index contributed by atoms with van der Waals surface area (Å²) >= 11 is 6.08. The number of benzene rings is 2. The van der Waals surface area contributed by atoms with Crippen molar-refractivity contribution in [1.29, 1.82) is 0 Å². The van der Waals surface area contributed by atoms with Crippen LogP contribution in [0.1, 0.15) is 29.6 Å². The van der Waals surface area contributed by atoms with E-state index < -0.39 is 0 Å². The first-order valence-electron chi connectivity index (χ1n) is 10.7. The van der Waals surface area contributed by atoms with Gasteiger partial charge in [0.05, 0.1) is 25.8 Å². The first-order valence-corrected chi connectivity index (χ1v) is 11.1. The minimum atomic E-state index is -0.0756. The van der Waals surface area contributed by atoms with E-state index in [2.05, 4.69) is 0 Å². The van der Waals surface area contributed by atoms with Gasteiger partial charge in [-0.1, -0.05) is 23.7 Å². The van der Waals surface area contributed by atoms with Crippen LogP contribution >= 0.6 is 11.6 Å². The van der Waals surface area contributed by atoms with Crippen LogP contribution in [-0.4, -0.2) is 68.6 Å². The Hall–Kier alpha value is -2.93. The molecule has 7 nitrogen and oxygen atoms in total. The smallest absolute Gasteiger partial charge is 0.254 e. The summed E-state index contributed by atoms with van der Waals surface area (Å²) in [6, 6.07) is 12.4. The Morgan fingerprint density at radius 1 is 0.906 bits per heavy atom. The van der Waals surface area contributed by atoms with E-state index in [1.54, 1.807) is 43.4 Å². The predicted molar refractivity (Wildman–Crippen MR) is 123 cm³/mol. The molecule has 1 heterocycles. The minimum absolute atomic E-state index is 0.0756. The second kappa shape index (κ2) is 11.6. The van der Waals surface area contributed by atoms with E-state index in [1.165, 1.54) is 0 Å². The van der Waals surface area contributed by atoms with Crippen molar-refractivity contribution in [2.75, 3.05) is 47.0 Å². The third kappa shape index (κ3) is 6.07. The molecule has 0 bridgehead atoms. The average Bonchev–Trinajstić information content (AvgIpc) is 3.08. The Labute approximate surface area is 193 Å². The summed E-state index contributed by atoms with van der Waals surface area (Å²) in [5.74, 6) is 1.72. The number of carbonyl (C=O) groups is 2. The largest absolute Gasteiger partial charge is 0.493 e. The standard InChI is InChI=1S/C24H29ClN2O5/c1-30-21-11-10-18(17-22(21)31-2)24(29)27-13-6-12-26(14-15-27)23(28)9-5-16-32-20-8-4-3-7-19(20)25/h3-4,7-8,10-11,17H,5-6,9,12-16H2,1-2H3. The zero-order valence-electron chi connectivity index (χ0n) is 18.5. The molecule has 0 N–H and O–H groups in total. The van der Waals surface area contributed by atoms with Crippen molar-refractivity contribution in [2.45, 2.75) is 19.3 Å². The highest BCUT2D eigenvalue weighted by molar-refractivity contribution is 6.32. The number of para-hydroxylation sites is 1. The molecular weight excluding hydrogens is 432 g/mol. The predicted octanol–water partition coefficient (Wildman–Crippen LogP) is 3.89. The van der Waals surface area contributed by atoms with Gasteiger partial charge in [0.2, 0.25) is 5.91 Å².